The van der Waals surface area contributed by atoms with Gasteiger partial charge in [0.25, 0.3) is 0 Å². The van der Waals surface area contributed by atoms with E-state index in [0.717, 1.165) is 27.8 Å². The predicted octanol–water partition coefficient (Wildman–Crippen LogP) is 4.03. The first-order valence-electron chi connectivity index (χ1n) is 13.7. The molecule has 0 radical (unpaired) electrons. The Labute approximate surface area is 243 Å². The molecule has 4 N–H and O–H groups in total. The maximum absolute atomic E-state index is 13.4. The van der Waals surface area contributed by atoms with Crippen LogP contribution >= 0.6 is 0 Å². The van der Waals surface area contributed by atoms with Crippen molar-refractivity contribution in [1.82, 2.24) is 20.6 Å². The molecule has 3 atom stereocenters. The van der Waals surface area contributed by atoms with Gasteiger partial charge in [-0.25, -0.2) is 14.6 Å². The van der Waals surface area contributed by atoms with Gasteiger partial charge in [-0.2, -0.15) is 0 Å². The summed E-state index contributed by atoms with van der Waals surface area (Å²) in [6, 6.07) is 22.8. The number of nitrogens with one attached hydrogen (secondary N) is 3. The van der Waals surface area contributed by atoms with Crippen molar-refractivity contribution in [3.8, 4) is 11.1 Å². The van der Waals surface area contributed by atoms with Gasteiger partial charge in [0.15, 0.2) is 6.04 Å². The molecule has 0 unspecified atom stereocenters. The summed E-state index contributed by atoms with van der Waals surface area (Å²) < 4.78 is 11.4. The largest absolute Gasteiger partial charge is 0.480 e. The van der Waals surface area contributed by atoms with Gasteiger partial charge in [-0.05, 0) is 34.7 Å². The van der Waals surface area contributed by atoms with Crippen molar-refractivity contribution in [3.05, 3.63) is 114 Å². The molecular weight excluding hydrogens is 536 g/mol. The summed E-state index contributed by atoms with van der Waals surface area (Å²) in [6.07, 6.45) is 1.38. The summed E-state index contributed by atoms with van der Waals surface area (Å²) in [6.45, 7) is 1.82. The smallest absolute Gasteiger partial charge is 0.407 e. The lowest BCUT2D eigenvalue weighted by Crippen LogP contribution is -2.55. The zero-order chi connectivity index (χ0) is 29.5. The highest BCUT2D eigenvalue weighted by Gasteiger charge is 2.33. The summed E-state index contributed by atoms with van der Waals surface area (Å²) >= 11 is 0. The van der Waals surface area contributed by atoms with Gasteiger partial charge in [0.05, 0.1) is 19.0 Å². The maximum Gasteiger partial charge on any atom is 0.407 e. The van der Waals surface area contributed by atoms with Crippen LogP contribution in [-0.2, 0) is 32.1 Å². The summed E-state index contributed by atoms with van der Waals surface area (Å²) in [5, 5.41) is 15.0. The Hall–Kier alpha value is -4.96. The minimum absolute atomic E-state index is 0.0433. The molecule has 216 valence electrons. The minimum atomic E-state index is -1.35. The van der Waals surface area contributed by atoms with Crippen LogP contribution in [0.5, 0.6) is 0 Å². The number of hydrogen-bond acceptors (Lipinski definition) is 6. The van der Waals surface area contributed by atoms with Crippen LogP contribution in [0.3, 0.4) is 0 Å². The standard InChI is InChI=1S/C32H32N4O6/c1-20(41-17-21-9-3-2-4-10-21)29(31(38)39)36-30(37)28(15-22-16-33-19-34-22)35-32(40)42-18-27-25-13-7-5-11-23(25)24-12-6-8-14-26(24)27/h2-14,16,19-20,27-29H,15,17-18H2,1H3,(H,33,34)(H,35,40)(H,36,37)(H,38,39)/t20-,28-,29+/m0/s1. The normalized spacial score (nSPS) is 14.2. The summed E-state index contributed by atoms with van der Waals surface area (Å²) in [5.41, 5.74) is 5.77. The predicted molar refractivity (Wildman–Crippen MR) is 155 cm³/mol. The van der Waals surface area contributed by atoms with Crippen LogP contribution in [0.4, 0.5) is 4.79 Å². The number of fused-ring (bicyclic) bond motifs is 3. The molecule has 2 amide bonds. The third-order valence-electron chi connectivity index (χ3n) is 7.32. The molecule has 10 nitrogen and oxygen atoms in total. The second-order valence-corrected chi connectivity index (χ2v) is 10.1. The van der Waals surface area contributed by atoms with E-state index in [-0.39, 0.29) is 25.6 Å². The van der Waals surface area contributed by atoms with E-state index in [4.69, 9.17) is 9.47 Å². The number of alkyl carbamates (subject to hydrolysis) is 1. The van der Waals surface area contributed by atoms with Crippen molar-refractivity contribution >= 4 is 18.0 Å². The number of carbonyl (C=O) groups excluding carboxylic acids is 2. The molecule has 0 aliphatic heterocycles. The van der Waals surface area contributed by atoms with Gasteiger partial charge in [0.1, 0.15) is 12.6 Å². The first-order chi connectivity index (χ1) is 20.4. The molecule has 1 aliphatic carbocycles. The monoisotopic (exact) mass is 568 g/mol. The van der Waals surface area contributed by atoms with Crippen LogP contribution in [-0.4, -0.2) is 57.8 Å². The van der Waals surface area contributed by atoms with Crippen molar-refractivity contribution in [2.45, 2.75) is 44.1 Å². The Morgan fingerprint density at radius 1 is 0.929 bits per heavy atom. The van der Waals surface area contributed by atoms with Crippen molar-refractivity contribution in [2.24, 2.45) is 0 Å². The van der Waals surface area contributed by atoms with Gasteiger partial charge in [0.2, 0.25) is 5.91 Å². The van der Waals surface area contributed by atoms with E-state index < -0.39 is 36.2 Å². The van der Waals surface area contributed by atoms with Crippen LogP contribution in [0.2, 0.25) is 0 Å². The summed E-state index contributed by atoms with van der Waals surface area (Å²) in [7, 11) is 0. The number of imidazole rings is 1. The summed E-state index contributed by atoms with van der Waals surface area (Å²) in [4.78, 5) is 45.3. The quantitative estimate of drug-likeness (QED) is 0.202. The average molecular weight is 569 g/mol. The second-order valence-electron chi connectivity index (χ2n) is 10.1. The molecule has 1 aromatic heterocycles. The molecule has 42 heavy (non-hydrogen) atoms. The van der Waals surface area contributed by atoms with Gasteiger partial charge in [0, 0.05) is 24.2 Å². The molecule has 0 spiro atoms. The molecule has 10 heteroatoms. The number of benzene rings is 3. The topological polar surface area (TPSA) is 143 Å². The van der Waals surface area contributed by atoms with Crippen LogP contribution in [0.1, 0.15) is 35.2 Å². The van der Waals surface area contributed by atoms with Crippen molar-refractivity contribution in [1.29, 1.82) is 0 Å². The number of carboxylic acids is 1. The lowest BCUT2D eigenvalue weighted by Gasteiger charge is -2.25. The molecular formula is C32H32N4O6. The first kappa shape index (κ1) is 28.6. The zero-order valence-electron chi connectivity index (χ0n) is 23.0. The van der Waals surface area contributed by atoms with E-state index in [1.165, 1.54) is 12.5 Å². The third kappa shape index (κ3) is 6.67. The number of amides is 2. The number of rotatable bonds is 12. The fraction of sp³-hybridized carbons (Fsp3) is 0.250. The molecule has 0 saturated carbocycles. The van der Waals surface area contributed by atoms with Gasteiger partial charge in [-0.1, -0.05) is 78.9 Å². The van der Waals surface area contributed by atoms with E-state index in [0.29, 0.717) is 5.69 Å². The molecule has 4 aromatic rings. The lowest BCUT2D eigenvalue weighted by molar-refractivity contribution is -0.146. The van der Waals surface area contributed by atoms with E-state index >= 15 is 0 Å². The highest BCUT2D eigenvalue weighted by Crippen LogP contribution is 2.44. The van der Waals surface area contributed by atoms with Gasteiger partial charge in [-0.15, -0.1) is 0 Å². The van der Waals surface area contributed by atoms with Crippen LogP contribution in [0.25, 0.3) is 11.1 Å². The van der Waals surface area contributed by atoms with E-state index in [1.807, 2.05) is 78.9 Å². The van der Waals surface area contributed by atoms with Crippen molar-refractivity contribution in [2.75, 3.05) is 6.61 Å². The van der Waals surface area contributed by atoms with E-state index in [9.17, 15) is 19.5 Å². The highest BCUT2D eigenvalue weighted by atomic mass is 16.5. The third-order valence-corrected chi connectivity index (χ3v) is 7.32. The van der Waals surface area contributed by atoms with Crippen LogP contribution in [0, 0.1) is 0 Å². The number of aromatic amines is 1. The molecule has 0 saturated heterocycles. The molecule has 1 heterocycles. The number of aromatic nitrogens is 2. The number of hydrogen-bond donors (Lipinski definition) is 4. The molecule has 0 fully saturated rings. The Morgan fingerprint density at radius 2 is 1.57 bits per heavy atom. The highest BCUT2D eigenvalue weighted by molar-refractivity contribution is 5.89. The molecule has 3 aromatic carbocycles. The number of H-pyrrole nitrogens is 1. The Bertz CT molecular complexity index is 1480. The zero-order valence-corrected chi connectivity index (χ0v) is 23.0. The Morgan fingerprint density at radius 3 is 2.19 bits per heavy atom. The number of carboxylic acid groups (broad SMARTS) is 1. The fourth-order valence-electron chi connectivity index (χ4n) is 5.14. The van der Waals surface area contributed by atoms with E-state index in [1.54, 1.807) is 6.92 Å². The summed E-state index contributed by atoms with van der Waals surface area (Å²) in [5.74, 6) is -2.10. The Kier molecular flexibility index (Phi) is 8.93. The number of carbonyl (C=O) groups is 3. The van der Waals surface area contributed by atoms with Gasteiger partial charge < -0.3 is 30.2 Å². The van der Waals surface area contributed by atoms with Gasteiger partial charge >= 0.3 is 12.1 Å². The van der Waals surface area contributed by atoms with Crippen LogP contribution in [0.15, 0.2) is 91.4 Å². The van der Waals surface area contributed by atoms with Crippen molar-refractivity contribution in [3.63, 3.8) is 0 Å². The molecule has 1 aliphatic rings. The first-order valence-corrected chi connectivity index (χ1v) is 13.7. The maximum atomic E-state index is 13.4. The Balaban J connectivity index is 1.24. The van der Waals surface area contributed by atoms with E-state index in [2.05, 4.69) is 20.6 Å². The lowest BCUT2D eigenvalue weighted by atomic mass is 9.98. The SMILES string of the molecule is C[C@H](OCc1ccccc1)[C@@H](NC(=O)[C@H](Cc1cnc[nH]1)NC(=O)OCC1c2ccccc2-c2ccccc21)C(=O)O. The molecule has 0 bridgehead atoms. The van der Waals surface area contributed by atoms with Crippen LogP contribution < -0.4 is 10.6 Å². The molecule has 5 rings (SSSR count). The minimum Gasteiger partial charge on any atom is -0.480 e. The second kappa shape index (κ2) is 13.1. The average Bonchev–Trinajstić information content (AvgIpc) is 3.63. The number of nitrogens with zero attached hydrogens (tertiary/aromatic N) is 1. The van der Waals surface area contributed by atoms with Crippen molar-refractivity contribution < 1.29 is 29.0 Å². The number of ether oxygens (including phenoxy) is 2. The number of aliphatic carboxylic acids is 1. The fourth-order valence-corrected chi connectivity index (χ4v) is 5.14. The van der Waals surface area contributed by atoms with Gasteiger partial charge in [-0.3, -0.25) is 4.79 Å².